The van der Waals surface area contributed by atoms with Crippen LogP contribution in [-0.2, 0) is 15.1 Å². The topological polar surface area (TPSA) is 80.4 Å². The first-order chi connectivity index (χ1) is 10.8. The van der Waals surface area contributed by atoms with Crippen molar-refractivity contribution in [3.05, 3.63) is 35.9 Å². The summed E-state index contributed by atoms with van der Waals surface area (Å²) in [5, 5.41) is 10.2. The van der Waals surface area contributed by atoms with Crippen LogP contribution in [0, 0.1) is 5.41 Å². The van der Waals surface area contributed by atoms with Gasteiger partial charge in [-0.25, -0.2) is 0 Å². The van der Waals surface area contributed by atoms with E-state index in [0.29, 0.717) is 12.0 Å². The van der Waals surface area contributed by atoms with Crippen LogP contribution in [-0.4, -0.2) is 26.9 Å². The first kappa shape index (κ1) is 20.9. The van der Waals surface area contributed by atoms with Gasteiger partial charge >= 0.3 is 0 Å². The average molecular weight is 352 g/mol. The minimum absolute atomic E-state index is 0.0784. The van der Waals surface area contributed by atoms with E-state index >= 15 is 0 Å². The summed E-state index contributed by atoms with van der Waals surface area (Å²) in [6.07, 6.45) is -0.966. The Hall–Kier alpha value is -1.17. The lowest BCUT2D eigenvalue weighted by Crippen LogP contribution is -2.50. The smallest absolute Gasteiger partial charge is 0.220 e. The molecular formula is C19H29NO3S. The van der Waals surface area contributed by atoms with Gasteiger partial charge in [0.15, 0.2) is 0 Å². The van der Waals surface area contributed by atoms with Crippen molar-refractivity contribution in [2.75, 3.05) is 0 Å². The summed E-state index contributed by atoms with van der Waals surface area (Å²) in [4.78, 5) is 24.2. The number of hydrogen-bond donors (Lipinski definition) is 2. The molecule has 0 saturated heterocycles. The molecule has 0 aliphatic carbocycles. The largest absolute Gasteiger partial charge is 0.382 e. The molecular weight excluding hydrogens is 322 g/mol. The van der Waals surface area contributed by atoms with E-state index in [1.54, 1.807) is 26.0 Å². The maximum absolute atomic E-state index is 12.7. The third-order valence-electron chi connectivity index (χ3n) is 4.86. The first-order valence-corrected chi connectivity index (χ1v) is 8.88. The molecule has 1 aromatic rings. The minimum atomic E-state index is -1.34. The van der Waals surface area contributed by atoms with Crippen molar-refractivity contribution in [3.63, 3.8) is 0 Å². The normalized spacial score (nSPS) is 16.3. The Bertz CT molecular complexity index is 594. The van der Waals surface area contributed by atoms with E-state index in [2.05, 4.69) is 0 Å². The van der Waals surface area contributed by atoms with E-state index in [4.69, 9.17) is 5.73 Å². The highest BCUT2D eigenvalue weighted by Gasteiger charge is 2.44. The average Bonchev–Trinajstić information content (AvgIpc) is 2.45. The Morgan fingerprint density at radius 3 is 2.08 bits per heavy atom. The SMILES string of the molecule is CC(=O)CC(C)(C)C(C)(C)SC(=O)[C@H](O)[C@@](C)(N)c1ccccc1. The Balaban J connectivity index is 2.95. The van der Waals surface area contributed by atoms with Crippen LogP contribution in [0.5, 0.6) is 0 Å². The number of ketones is 1. The van der Waals surface area contributed by atoms with Crippen molar-refractivity contribution in [3.8, 4) is 0 Å². The zero-order valence-electron chi connectivity index (χ0n) is 15.4. The lowest BCUT2D eigenvalue weighted by Gasteiger charge is -2.41. The molecule has 1 aromatic carbocycles. The number of nitrogens with two attached hydrogens (primary N) is 1. The third-order valence-corrected chi connectivity index (χ3v) is 6.35. The van der Waals surface area contributed by atoms with Gasteiger partial charge in [0.2, 0.25) is 5.12 Å². The molecule has 0 heterocycles. The molecule has 2 atom stereocenters. The van der Waals surface area contributed by atoms with Gasteiger partial charge in [-0.15, -0.1) is 0 Å². The van der Waals surface area contributed by atoms with Crippen molar-refractivity contribution < 1.29 is 14.7 Å². The van der Waals surface area contributed by atoms with Crippen LogP contribution >= 0.6 is 11.8 Å². The number of hydrogen-bond acceptors (Lipinski definition) is 5. The second kappa shape index (κ2) is 7.38. The lowest BCUT2D eigenvalue weighted by molar-refractivity contribution is -0.122. The van der Waals surface area contributed by atoms with Crippen LogP contribution in [0.1, 0.15) is 53.5 Å². The summed E-state index contributed by atoms with van der Waals surface area (Å²) in [7, 11) is 0. The van der Waals surface area contributed by atoms with E-state index in [-0.39, 0.29) is 10.9 Å². The molecule has 0 radical (unpaired) electrons. The highest BCUT2D eigenvalue weighted by atomic mass is 32.2. The van der Waals surface area contributed by atoms with Crippen molar-refractivity contribution in [1.82, 2.24) is 0 Å². The predicted octanol–water partition coefficient (Wildman–Crippen LogP) is 3.27. The molecule has 0 amide bonds. The van der Waals surface area contributed by atoms with Crippen LogP contribution in [0.25, 0.3) is 0 Å². The molecule has 134 valence electrons. The van der Waals surface area contributed by atoms with Gasteiger partial charge in [0.1, 0.15) is 11.9 Å². The molecule has 1 rings (SSSR count). The fourth-order valence-corrected chi connectivity index (χ4v) is 3.69. The van der Waals surface area contributed by atoms with Gasteiger partial charge in [0.05, 0.1) is 5.54 Å². The van der Waals surface area contributed by atoms with Gasteiger partial charge in [-0.05, 0) is 38.7 Å². The monoisotopic (exact) mass is 351 g/mol. The summed E-state index contributed by atoms with van der Waals surface area (Å²) in [6, 6.07) is 9.10. The highest BCUT2D eigenvalue weighted by Crippen LogP contribution is 2.45. The molecule has 0 spiro atoms. The van der Waals surface area contributed by atoms with E-state index in [9.17, 15) is 14.7 Å². The maximum Gasteiger partial charge on any atom is 0.220 e. The predicted molar refractivity (Wildman–Crippen MR) is 99.7 cm³/mol. The van der Waals surface area contributed by atoms with Crippen molar-refractivity contribution >= 4 is 22.7 Å². The molecule has 4 nitrogen and oxygen atoms in total. The molecule has 0 bridgehead atoms. The van der Waals surface area contributed by atoms with Gasteiger partial charge in [0, 0.05) is 11.2 Å². The number of carbonyl (C=O) groups excluding carboxylic acids is 2. The van der Waals surface area contributed by atoms with E-state index in [1.807, 2.05) is 45.9 Å². The van der Waals surface area contributed by atoms with Gasteiger partial charge in [0.25, 0.3) is 0 Å². The van der Waals surface area contributed by atoms with Gasteiger partial charge < -0.3 is 15.6 Å². The number of aliphatic hydroxyl groups is 1. The maximum atomic E-state index is 12.7. The summed E-state index contributed by atoms with van der Waals surface area (Å²) in [6.45, 7) is 11.0. The number of aliphatic hydroxyl groups excluding tert-OH is 1. The lowest BCUT2D eigenvalue weighted by atomic mass is 9.76. The zero-order valence-corrected chi connectivity index (χ0v) is 16.2. The Morgan fingerprint density at radius 1 is 1.12 bits per heavy atom. The standard InChI is InChI=1S/C19H29NO3S/c1-13(21)12-17(2,3)18(4,5)24-16(23)15(22)19(6,20)14-10-8-7-9-11-14/h7-11,15,22H,12,20H2,1-6H3/t15-,19-/m0/s1. The van der Waals surface area contributed by atoms with Crippen molar-refractivity contribution in [2.24, 2.45) is 11.1 Å². The van der Waals surface area contributed by atoms with Crippen LogP contribution < -0.4 is 5.73 Å². The summed E-state index contributed by atoms with van der Waals surface area (Å²) < 4.78 is -0.524. The number of thioether (sulfide) groups is 1. The zero-order chi connectivity index (χ0) is 18.8. The molecule has 0 saturated carbocycles. The molecule has 3 N–H and O–H groups in total. The second-order valence-electron chi connectivity index (χ2n) is 7.75. The minimum Gasteiger partial charge on any atom is -0.382 e. The Labute approximate surface area is 149 Å². The van der Waals surface area contributed by atoms with Crippen LogP contribution in [0.4, 0.5) is 0 Å². The second-order valence-corrected chi connectivity index (χ2v) is 9.37. The number of Topliss-reactive ketones (excluding diaryl/α,β-unsaturated/α-hetero) is 1. The Morgan fingerprint density at radius 2 is 1.62 bits per heavy atom. The van der Waals surface area contributed by atoms with Crippen LogP contribution in [0.2, 0.25) is 0 Å². The van der Waals surface area contributed by atoms with Gasteiger partial charge in [-0.3, -0.25) is 4.79 Å². The molecule has 0 aromatic heterocycles. The number of rotatable bonds is 7. The molecule has 0 aliphatic rings. The van der Waals surface area contributed by atoms with Gasteiger partial charge in [-0.2, -0.15) is 0 Å². The molecule has 24 heavy (non-hydrogen) atoms. The molecule has 0 unspecified atom stereocenters. The quantitative estimate of drug-likeness (QED) is 0.788. The fourth-order valence-electron chi connectivity index (χ4n) is 2.48. The van der Waals surface area contributed by atoms with Gasteiger partial charge in [-0.1, -0.05) is 55.9 Å². The summed E-state index contributed by atoms with van der Waals surface area (Å²) >= 11 is 1.06. The summed E-state index contributed by atoms with van der Waals surface area (Å²) in [5.41, 5.74) is 5.39. The van der Waals surface area contributed by atoms with E-state index in [1.165, 1.54) is 0 Å². The van der Waals surface area contributed by atoms with Crippen LogP contribution in [0.15, 0.2) is 30.3 Å². The molecule has 5 heteroatoms. The first-order valence-electron chi connectivity index (χ1n) is 8.06. The van der Waals surface area contributed by atoms with Crippen LogP contribution in [0.3, 0.4) is 0 Å². The molecule has 0 aliphatic heterocycles. The van der Waals surface area contributed by atoms with Crippen molar-refractivity contribution in [2.45, 2.75) is 64.4 Å². The number of carbonyl (C=O) groups is 2. The Kier molecular flexibility index (Phi) is 6.42. The summed E-state index contributed by atoms with van der Waals surface area (Å²) in [5.74, 6) is 0.0784. The van der Waals surface area contributed by atoms with E-state index < -0.39 is 21.8 Å². The fraction of sp³-hybridized carbons (Fsp3) is 0.579. The highest BCUT2D eigenvalue weighted by molar-refractivity contribution is 8.14. The van der Waals surface area contributed by atoms with E-state index in [0.717, 1.165) is 11.8 Å². The van der Waals surface area contributed by atoms with Crippen molar-refractivity contribution in [1.29, 1.82) is 0 Å². The third kappa shape index (κ3) is 4.68. The molecule has 0 fully saturated rings. The number of benzene rings is 1.